The number of hydrogen-bond donors (Lipinski definition) is 1. The van der Waals surface area contributed by atoms with Crippen molar-refractivity contribution in [3.8, 4) is 5.69 Å². The molecular formula is C12H20N6. The second-order valence-electron chi connectivity index (χ2n) is 4.68. The van der Waals surface area contributed by atoms with Gasteiger partial charge < -0.3 is 5.32 Å². The van der Waals surface area contributed by atoms with E-state index in [0.29, 0.717) is 6.04 Å². The predicted octanol–water partition coefficient (Wildman–Crippen LogP) is 1.06. The van der Waals surface area contributed by atoms with Gasteiger partial charge in [0.15, 0.2) is 0 Å². The minimum Gasteiger partial charge on any atom is -0.309 e. The third kappa shape index (κ3) is 2.76. The van der Waals surface area contributed by atoms with Gasteiger partial charge in [0.25, 0.3) is 0 Å². The van der Waals surface area contributed by atoms with Crippen LogP contribution in [0.4, 0.5) is 0 Å². The number of aromatic nitrogens is 5. The molecule has 0 aromatic carbocycles. The molecule has 6 nitrogen and oxygen atoms in total. The van der Waals surface area contributed by atoms with Gasteiger partial charge in [-0.15, -0.1) is 5.10 Å². The van der Waals surface area contributed by atoms with E-state index in [-0.39, 0.29) is 0 Å². The molecule has 2 rings (SSSR count). The van der Waals surface area contributed by atoms with Crippen LogP contribution in [0.5, 0.6) is 0 Å². The lowest BCUT2D eigenvalue weighted by Gasteiger charge is -2.04. The fraction of sp³-hybridized carbons (Fsp3) is 0.583. The molecule has 0 radical (unpaired) electrons. The topological polar surface area (TPSA) is 60.6 Å². The van der Waals surface area contributed by atoms with Gasteiger partial charge in [0.2, 0.25) is 0 Å². The van der Waals surface area contributed by atoms with Gasteiger partial charge in [0.1, 0.15) is 5.69 Å². The fourth-order valence-corrected chi connectivity index (χ4v) is 1.77. The molecule has 6 heteroatoms. The minimum absolute atomic E-state index is 0.444. The molecule has 0 atom stereocenters. The molecule has 0 amide bonds. The number of rotatable bonds is 5. The predicted molar refractivity (Wildman–Crippen MR) is 69.5 cm³/mol. The average molecular weight is 248 g/mol. The Bertz CT molecular complexity index is 510. The lowest BCUT2D eigenvalue weighted by atomic mass is 10.3. The number of aryl methyl sites for hydroxylation is 2. The second kappa shape index (κ2) is 5.30. The van der Waals surface area contributed by atoms with Crippen LogP contribution in [0.2, 0.25) is 0 Å². The quantitative estimate of drug-likeness (QED) is 0.859. The molecule has 0 spiro atoms. The van der Waals surface area contributed by atoms with Crippen LogP contribution < -0.4 is 5.32 Å². The van der Waals surface area contributed by atoms with Gasteiger partial charge in [0, 0.05) is 19.6 Å². The summed E-state index contributed by atoms with van der Waals surface area (Å²) in [6.45, 7) is 7.05. The highest BCUT2D eigenvalue weighted by Crippen LogP contribution is 2.12. The van der Waals surface area contributed by atoms with Crippen molar-refractivity contribution in [2.45, 2.75) is 39.8 Å². The lowest BCUT2D eigenvalue weighted by Crippen LogP contribution is -2.21. The SMILES string of the molecule is CCc1nn(C)cc1-n1cc(CNC(C)C)nn1. The third-order valence-electron chi connectivity index (χ3n) is 2.70. The Balaban J connectivity index is 2.18. The van der Waals surface area contributed by atoms with Crippen molar-refractivity contribution >= 4 is 0 Å². The maximum atomic E-state index is 4.40. The zero-order valence-electron chi connectivity index (χ0n) is 11.4. The first-order valence-corrected chi connectivity index (χ1v) is 6.27. The van der Waals surface area contributed by atoms with E-state index in [2.05, 4.69) is 41.5 Å². The molecule has 0 fully saturated rings. The maximum absolute atomic E-state index is 4.40. The van der Waals surface area contributed by atoms with Crippen LogP contribution in [-0.2, 0) is 20.0 Å². The average Bonchev–Trinajstić information content (AvgIpc) is 2.92. The Morgan fingerprint density at radius 2 is 2.11 bits per heavy atom. The van der Waals surface area contributed by atoms with Crippen LogP contribution >= 0.6 is 0 Å². The molecule has 0 unspecified atom stereocenters. The highest BCUT2D eigenvalue weighted by molar-refractivity contribution is 5.33. The Labute approximate surface area is 107 Å². The Hall–Kier alpha value is -1.69. The normalized spacial score (nSPS) is 11.4. The number of nitrogens with one attached hydrogen (secondary N) is 1. The summed E-state index contributed by atoms with van der Waals surface area (Å²) >= 11 is 0. The van der Waals surface area contributed by atoms with Crippen molar-refractivity contribution in [3.63, 3.8) is 0 Å². The van der Waals surface area contributed by atoms with Crippen molar-refractivity contribution in [1.82, 2.24) is 30.1 Å². The highest BCUT2D eigenvalue weighted by atomic mass is 15.4. The highest BCUT2D eigenvalue weighted by Gasteiger charge is 2.10. The second-order valence-corrected chi connectivity index (χ2v) is 4.68. The van der Waals surface area contributed by atoms with E-state index in [9.17, 15) is 0 Å². The molecule has 2 heterocycles. The Morgan fingerprint density at radius 3 is 2.78 bits per heavy atom. The van der Waals surface area contributed by atoms with Crippen LogP contribution in [0.25, 0.3) is 5.69 Å². The molecular weight excluding hydrogens is 228 g/mol. The van der Waals surface area contributed by atoms with Crippen molar-refractivity contribution in [1.29, 1.82) is 0 Å². The molecule has 1 N–H and O–H groups in total. The summed E-state index contributed by atoms with van der Waals surface area (Å²) < 4.78 is 3.60. The van der Waals surface area contributed by atoms with Gasteiger partial charge in [-0.3, -0.25) is 4.68 Å². The number of nitrogens with zero attached hydrogens (tertiary/aromatic N) is 5. The summed E-state index contributed by atoms with van der Waals surface area (Å²) in [7, 11) is 1.92. The molecule has 0 saturated carbocycles. The summed E-state index contributed by atoms with van der Waals surface area (Å²) in [6, 6.07) is 0.444. The van der Waals surface area contributed by atoms with E-state index in [1.165, 1.54) is 0 Å². The van der Waals surface area contributed by atoms with Crippen LogP contribution in [0.1, 0.15) is 32.2 Å². The smallest absolute Gasteiger partial charge is 0.107 e. The molecule has 0 aliphatic rings. The van der Waals surface area contributed by atoms with Crippen LogP contribution in [0.15, 0.2) is 12.4 Å². The first-order valence-electron chi connectivity index (χ1n) is 6.27. The Morgan fingerprint density at radius 1 is 1.33 bits per heavy atom. The van der Waals surface area contributed by atoms with E-state index in [1.54, 1.807) is 4.68 Å². The van der Waals surface area contributed by atoms with E-state index in [1.807, 2.05) is 24.1 Å². The molecule has 2 aromatic rings. The zero-order chi connectivity index (χ0) is 13.1. The largest absolute Gasteiger partial charge is 0.309 e. The lowest BCUT2D eigenvalue weighted by molar-refractivity contribution is 0.580. The van der Waals surface area contributed by atoms with Gasteiger partial charge in [0.05, 0.1) is 23.8 Å². The minimum atomic E-state index is 0.444. The molecule has 0 aliphatic heterocycles. The number of hydrogen-bond acceptors (Lipinski definition) is 4. The fourth-order valence-electron chi connectivity index (χ4n) is 1.77. The molecule has 18 heavy (non-hydrogen) atoms. The first kappa shape index (κ1) is 12.8. The van der Waals surface area contributed by atoms with Gasteiger partial charge in [-0.1, -0.05) is 26.0 Å². The summed E-state index contributed by atoms with van der Waals surface area (Å²) in [5.74, 6) is 0. The molecule has 2 aromatic heterocycles. The zero-order valence-corrected chi connectivity index (χ0v) is 11.4. The van der Waals surface area contributed by atoms with Gasteiger partial charge in [-0.2, -0.15) is 5.10 Å². The van der Waals surface area contributed by atoms with Crippen LogP contribution in [0, 0.1) is 0 Å². The van der Waals surface area contributed by atoms with Gasteiger partial charge >= 0.3 is 0 Å². The summed E-state index contributed by atoms with van der Waals surface area (Å²) in [5.41, 5.74) is 2.98. The van der Waals surface area contributed by atoms with E-state index in [0.717, 1.165) is 30.0 Å². The summed E-state index contributed by atoms with van der Waals surface area (Å²) in [6.07, 6.45) is 4.80. The van der Waals surface area contributed by atoms with Crippen molar-refractivity contribution in [2.24, 2.45) is 7.05 Å². The standard InChI is InChI=1S/C12H20N6/c1-5-11-12(8-17(4)15-11)18-7-10(14-16-18)6-13-9(2)3/h7-9,13H,5-6H2,1-4H3. The monoisotopic (exact) mass is 248 g/mol. The van der Waals surface area contributed by atoms with E-state index in [4.69, 9.17) is 0 Å². The molecule has 0 bridgehead atoms. The van der Waals surface area contributed by atoms with Crippen molar-refractivity contribution < 1.29 is 0 Å². The van der Waals surface area contributed by atoms with E-state index < -0.39 is 0 Å². The van der Waals surface area contributed by atoms with Crippen molar-refractivity contribution in [2.75, 3.05) is 0 Å². The van der Waals surface area contributed by atoms with Crippen LogP contribution in [-0.4, -0.2) is 30.8 Å². The van der Waals surface area contributed by atoms with Crippen molar-refractivity contribution in [3.05, 3.63) is 23.8 Å². The Kier molecular flexibility index (Phi) is 3.76. The molecule has 0 saturated heterocycles. The first-order chi connectivity index (χ1) is 8.60. The maximum Gasteiger partial charge on any atom is 0.107 e. The van der Waals surface area contributed by atoms with Gasteiger partial charge in [-0.05, 0) is 6.42 Å². The molecule has 98 valence electrons. The van der Waals surface area contributed by atoms with Gasteiger partial charge in [-0.25, -0.2) is 4.68 Å². The molecule has 0 aliphatic carbocycles. The summed E-state index contributed by atoms with van der Waals surface area (Å²) in [4.78, 5) is 0. The van der Waals surface area contributed by atoms with E-state index >= 15 is 0 Å². The van der Waals surface area contributed by atoms with Crippen LogP contribution in [0.3, 0.4) is 0 Å². The summed E-state index contributed by atoms with van der Waals surface area (Å²) in [5, 5.41) is 16.0. The third-order valence-corrected chi connectivity index (χ3v) is 2.70.